The van der Waals surface area contributed by atoms with E-state index < -0.39 is 10.0 Å². The maximum absolute atomic E-state index is 12.6. The summed E-state index contributed by atoms with van der Waals surface area (Å²) in [5.41, 5.74) is 0. The fraction of sp³-hybridized carbons (Fsp3) is 0.615. The molecule has 0 spiro atoms. The molecule has 1 N–H and O–H groups in total. The number of sulfonamides is 1. The maximum Gasteiger partial charge on any atom is 0.244 e. The fourth-order valence-corrected chi connectivity index (χ4v) is 3.99. The molecule has 1 unspecified atom stereocenters. The lowest BCUT2D eigenvalue weighted by atomic mass is 10.00. The second kappa shape index (κ2) is 6.51. The van der Waals surface area contributed by atoms with Crippen molar-refractivity contribution in [3.8, 4) is 5.88 Å². The number of hydrogen-bond acceptors (Lipinski definition) is 5. The van der Waals surface area contributed by atoms with Crippen LogP contribution in [-0.4, -0.2) is 51.5 Å². The number of ether oxygens (including phenoxy) is 1. The number of piperidine rings is 1. The van der Waals surface area contributed by atoms with Gasteiger partial charge in [0, 0.05) is 19.2 Å². The van der Waals surface area contributed by atoms with E-state index in [2.05, 4.69) is 10.3 Å². The minimum atomic E-state index is -3.45. The first-order valence-corrected chi connectivity index (χ1v) is 8.16. The monoisotopic (exact) mass is 299 g/mol. The zero-order valence-corrected chi connectivity index (χ0v) is 12.7. The highest BCUT2D eigenvalue weighted by molar-refractivity contribution is 7.89. The summed E-state index contributed by atoms with van der Waals surface area (Å²) >= 11 is 0. The van der Waals surface area contributed by atoms with Gasteiger partial charge in [0.05, 0.1) is 13.3 Å². The van der Waals surface area contributed by atoms with Gasteiger partial charge in [-0.25, -0.2) is 13.4 Å². The molecule has 1 fully saturated rings. The highest BCUT2D eigenvalue weighted by Gasteiger charge is 2.30. The Balaban J connectivity index is 2.16. The molecule has 0 bridgehead atoms. The predicted octanol–water partition coefficient (Wildman–Crippen LogP) is 0.710. The Bertz CT molecular complexity index is 528. The highest BCUT2D eigenvalue weighted by atomic mass is 32.2. The zero-order chi connectivity index (χ0) is 14.6. The molecule has 2 heterocycles. The van der Waals surface area contributed by atoms with E-state index in [9.17, 15) is 8.42 Å². The Kier molecular flexibility index (Phi) is 4.95. The number of aromatic nitrogens is 1. The van der Waals surface area contributed by atoms with Crippen LogP contribution >= 0.6 is 0 Å². The first kappa shape index (κ1) is 15.2. The number of methoxy groups -OCH3 is 1. The third kappa shape index (κ3) is 3.28. The number of nitrogens with zero attached hydrogens (tertiary/aromatic N) is 2. The van der Waals surface area contributed by atoms with Crippen LogP contribution in [0.15, 0.2) is 23.2 Å². The second-order valence-corrected chi connectivity index (χ2v) is 6.90. The molecule has 0 radical (unpaired) electrons. The molecule has 1 aromatic rings. The predicted molar refractivity (Wildman–Crippen MR) is 76.2 cm³/mol. The largest absolute Gasteiger partial charge is 0.481 e. The van der Waals surface area contributed by atoms with Gasteiger partial charge in [-0.1, -0.05) is 0 Å². The minimum absolute atomic E-state index is 0.225. The maximum atomic E-state index is 12.6. The molecule has 112 valence electrons. The molecular weight excluding hydrogens is 278 g/mol. The van der Waals surface area contributed by atoms with Crippen molar-refractivity contribution < 1.29 is 13.2 Å². The van der Waals surface area contributed by atoms with Crippen LogP contribution in [0, 0.1) is 5.92 Å². The summed E-state index contributed by atoms with van der Waals surface area (Å²) in [7, 11) is -0.0576. The number of hydrogen-bond donors (Lipinski definition) is 1. The smallest absolute Gasteiger partial charge is 0.244 e. The van der Waals surface area contributed by atoms with Gasteiger partial charge in [0.1, 0.15) is 4.90 Å². The van der Waals surface area contributed by atoms with Gasteiger partial charge in [-0.2, -0.15) is 4.31 Å². The van der Waals surface area contributed by atoms with Crippen LogP contribution in [0.25, 0.3) is 0 Å². The van der Waals surface area contributed by atoms with Gasteiger partial charge in [0.25, 0.3) is 0 Å². The first-order valence-electron chi connectivity index (χ1n) is 6.72. The van der Waals surface area contributed by atoms with Crippen LogP contribution in [0.4, 0.5) is 0 Å². The van der Waals surface area contributed by atoms with Crippen molar-refractivity contribution in [2.45, 2.75) is 17.7 Å². The van der Waals surface area contributed by atoms with Crippen LogP contribution in [-0.2, 0) is 10.0 Å². The molecule has 1 aliphatic heterocycles. The van der Waals surface area contributed by atoms with E-state index in [0.29, 0.717) is 24.9 Å². The Morgan fingerprint density at radius 2 is 2.30 bits per heavy atom. The summed E-state index contributed by atoms with van der Waals surface area (Å²) in [6.45, 7) is 1.98. The van der Waals surface area contributed by atoms with Gasteiger partial charge < -0.3 is 10.1 Å². The molecule has 0 saturated carbocycles. The van der Waals surface area contributed by atoms with Crippen molar-refractivity contribution in [3.05, 3.63) is 18.3 Å². The van der Waals surface area contributed by atoms with E-state index in [0.717, 1.165) is 19.4 Å². The molecule has 1 aromatic heterocycles. The molecule has 0 aromatic carbocycles. The summed E-state index contributed by atoms with van der Waals surface area (Å²) in [6, 6.07) is 3.12. The van der Waals surface area contributed by atoms with Crippen molar-refractivity contribution in [2.24, 2.45) is 5.92 Å². The normalized spacial score (nSPS) is 20.8. The number of rotatable bonds is 5. The average molecular weight is 299 g/mol. The van der Waals surface area contributed by atoms with E-state index in [-0.39, 0.29) is 4.90 Å². The van der Waals surface area contributed by atoms with Gasteiger partial charge >= 0.3 is 0 Å². The van der Waals surface area contributed by atoms with E-state index in [1.54, 1.807) is 16.4 Å². The zero-order valence-electron chi connectivity index (χ0n) is 11.9. The Hall–Kier alpha value is -1.18. The molecule has 6 nitrogen and oxygen atoms in total. The molecule has 2 rings (SSSR count). The molecule has 1 atom stereocenters. The van der Waals surface area contributed by atoms with Crippen molar-refractivity contribution in [1.82, 2.24) is 14.6 Å². The van der Waals surface area contributed by atoms with Crippen LogP contribution in [0.1, 0.15) is 12.8 Å². The van der Waals surface area contributed by atoms with Crippen molar-refractivity contribution >= 4 is 10.0 Å². The highest BCUT2D eigenvalue weighted by Crippen LogP contribution is 2.23. The minimum Gasteiger partial charge on any atom is -0.481 e. The SMILES string of the molecule is CNCC1CCCN(S(=O)(=O)c2ccc(OC)nc2)C1. The van der Waals surface area contributed by atoms with Crippen LogP contribution in [0.5, 0.6) is 5.88 Å². The molecule has 1 aliphatic rings. The van der Waals surface area contributed by atoms with Crippen molar-refractivity contribution in [3.63, 3.8) is 0 Å². The van der Waals surface area contributed by atoms with Gasteiger partial charge in [-0.05, 0) is 38.4 Å². The van der Waals surface area contributed by atoms with Crippen LogP contribution < -0.4 is 10.1 Å². The topological polar surface area (TPSA) is 71.5 Å². The molecule has 0 amide bonds. The third-order valence-electron chi connectivity index (χ3n) is 3.53. The number of nitrogens with one attached hydrogen (secondary N) is 1. The van der Waals surface area contributed by atoms with E-state index in [4.69, 9.17) is 4.74 Å². The standard InChI is InChI=1S/C13H21N3O3S/c1-14-8-11-4-3-7-16(10-11)20(17,18)12-5-6-13(19-2)15-9-12/h5-6,9,11,14H,3-4,7-8,10H2,1-2H3. The molecule has 7 heteroatoms. The average Bonchev–Trinajstić information content (AvgIpc) is 2.48. The molecule has 1 saturated heterocycles. The van der Waals surface area contributed by atoms with Crippen LogP contribution in [0.2, 0.25) is 0 Å². The second-order valence-electron chi connectivity index (χ2n) is 4.97. The van der Waals surface area contributed by atoms with E-state index in [1.807, 2.05) is 7.05 Å². The Morgan fingerprint density at radius 1 is 1.50 bits per heavy atom. The molecular formula is C13H21N3O3S. The Morgan fingerprint density at radius 3 is 2.90 bits per heavy atom. The lowest BCUT2D eigenvalue weighted by molar-refractivity contribution is 0.263. The van der Waals surface area contributed by atoms with Crippen molar-refractivity contribution in [2.75, 3.05) is 33.8 Å². The fourth-order valence-electron chi connectivity index (χ4n) is 2.49. The van der Waals surface area contributed by atoms with Gasteiger partial charge in [-0.3, -0.25) is 0 Å². The summed E-state index contributed by atoms with van der Waals surface area (Å²) in [6.07, 6.45) is 3.32. The lowest BCUT2D eigenvalue weighted by Crippen LogP contribution is -2.42. The van der Waals surface area contributed by atoms with E-state index >= 15 is 0 Å². The number of pyridine rings is 1. The molecule has 0 aliphatic carbocycles. The summed E-state index contributed by atoms with van der Waals surface area (Å²) in [4.78, 5) is 4.20. The quantitative estimate of drug-likeness (QED) is 0.867. The lowest BCUT2D eigenvalue weighted by Gasteiger charge is -2.31. The van der Waals surface area contributed by atoms with E-state index in [1.165, 1.54) is 13.3 Å². The third-order valence-corrected chi connectivity index (χ3v) is 5.38. The Labute approximate surface area is 120 Å². The summed E-state index contributed by atoms with van der Waals surface area (Å²) in [5, 5.41) is 3.11. The molecule has 20 heavy (non-hydrogen) atoms. The summed E-state index contributed by atoms with van der Waals surface area (Å²) in [5.74, 6) is 0.783. The van der Waals surface area contributed by atoms with Gasteiger partial charge in [-0.15, -0.1) is 0 Å². The van der Waals surface area contributed by atoms with Gasteiger partial charge in [0.2, 0.25) is 15.9 Å². The van der Waals surface area contributed by atoms with Crippen LogP contribution in [0.3, 0.4) is 0 Å². The summed E-state index contributed by atoms with van der Waals surface area (Å²) < 4.78 is 31.6. The van der Waals surface area contributed by atoms with Gasteiger partial charge in [0.15, 0.2) is 0 Å². The van der Waals surface area contributed by atoms with Crippen molar-refractivity contribution in [1.29, 1.82) is 0 Å². The first-order chi connectivity index (χ1) is 9.57.